The van der Waals surface area contributed by atoms with E-state index in [1.165, 1.54) is 0 Å². The molecule has 15 nitrogen and oxygen atoms in total. The predicted molar refractivity (Wildman–Crippen MR) is 230 cm³/mol. The van der Waals surface area contributed by atoms with E-state index in [0.29, 0.717) is 124 Å². The van der Waals surface area contributed by atoms with Gasteiger partial charge in [0.15, 0.2) is 0 Å². The third-order valence-electron chi connectivity index (χ3n) is 10.6. The zero-order valence-electron chi connectivity index (χ0n) is 36.6. The molecule has 1 amide bonds. The van der Waals surface area contributed by atoms with Gasteiger partial charge >= 0.3 is 13.1 Å². The van der Waals surface area contributed by atoms with Crippen molar-refractivity contribution in [1.29, 1.82) is 0 Å². The quantitative estimate of drug-likeness (QED) is 0.0434. The molecule has 1 aliphatic heterocycles. The molecular weight excluding hydrogens is 797 g/mol. The summed E-state index contributed by atoms with van der Waals surface area (Å²) in [6.07, 6.45) is 3.66. The van der Waals surface area contributed by atoms with Crippen molar-refractivity contribution in [2.24, 2.45) is 11.8 Å². The van der Waals surface area contributed by atoms with Crippen LogP contribution >= 0.6 is 12.6 Å². The standard InChI is InChI=1S/C43H72BNO14S/c1-42(2)43(3,4)59-44(58-42)38-7-5-6-37(31-38)34-57-41(48)32-35-8-9-36(30-35)33-45-40(47)11-10-39(46)12-13-49-14-15-50-16-17-51-18-19-52-20-21-53-22-23-54-24-25-55-26-27-56-28-29-60/h5-7,31,35-36,60H,8-30,32-34H2,1-4H3,(H,45,47). The Kier molecular flexibility index (Phi) is 26.8. The molecule has 2 aliphatic rings. The summed E-state index contributed by atoms with van der Waals surface area (Å²) in [6.45, 7) is 16.5. The van der Waals surface area contributed by atoms with Gasteiger partial charge in [-0.15, -0.1) is 0 Å². The van der Waals surface area contributed by atoms with Gasteiger partial charge < -0.3 is 57.3 Å². The van der Waals surface area contributed by atoms with Crippen molar-refractivity contribution in [3.8, 4) is 0 Å². The Morgan fingerprint density at radius 1 is 0.667 bits per heavy atom. The molecule has 1 aliphatic carbocycles. The van der Waals surface area contributed by atoms with Crippen molar-refractivity contribution >= 4 is 42.9 Å². The van der Waals surface area contributed by atoms with Gasteiger partial charge in [0.05, 0.1) is 117 Å². The summed E-state index contributed by atoms with van der Waals surface area (Å²) in [7, 11) is -0.470. The molecule has 60 heavy (non-hydrogen) atoms. The van der Waals surface area contributed by atoms with Crippen LogP contribution in [0.2, 0.25) is 0 Å². The molecule has 2 unspecified atom stereocenters. The minimum atomic E-state index is -0.470. The van der Waals surface area contributed by atoms with Crippen molar-refractivity contribution in [2.75, 3.05) is 118 Å². The van der Waals surface area contributed by atoms with Gasteiger partial charge in [-0.3, -0.25) is 14.4 Å². The number of Topliss-reactive ketones (excluding diaryl/α,β-unsaturated/α-hetero) is 1. The lowest BCUT2D eigenvalue weighted by Crippen LogP contribution is -2.41. The van der Waals surface area contributed by atoms with Gasteiger partial charge in [0.2, 0.25) is 5.91 Å². The molecule has 2 atom stereocenters. The van der Waals surface area contributed by atoms with Gasteiger partial charge in [-0.25, -0.2) is 0 Å². The number of esters is 1. The molecule has 1 aromatic carbocycles. The maximum absolute atomic E-state index is 12.7. The molecule has 1 saturated heterocycles. The summed E-state index contributed by atoms with van der Waals surface area (Å²) in [4.78, 5) is 37.3. The molecule has 0 aromatic heterocycles. The van der Waals surface area contributed by atoms with Gasteiger partial charge in [-0.2, -0.15) is 12.6 Å². The molecule has 17 heteroatoms. The van der Waals surface area contributed by atoms with Crippen LogP contribution in [0.4, 0.5) is 0 Å². The van der Waals surface area contributed by atoms with E-state index in [2.05, 4.69) is 17.9 Å². The molecule has 3 rings (SSSR count). The van der Waals surface area contributed by atoms with E-state index in [4.69, 9.17) is 51.9 Å². The monoisotopic (exact) mass is 869 g/mol. The Morgan fingerprint density at radius 2 is 1.15 bits per heavy atom. The van der Waals surface area contributed by atoms with E-state index >= 15 is 0 Å². The van der Waals surface area contributed by atoms with E-state index in [9.17, 15) is 14.4 Å². The van der Waals surface area contributed by atoms with E-state index in [1.807, 2.05) is 52.0 Å². The van der Waals surface area contributed by atoms with Gasteiger partial charge in [0.25, 0.3) is 0 Å². The average molecular weight is 870 g/mol. The summed E-state index contributed by atoms with van der Waals surface area (Å²) in [6, 6.07) is 7.77. The minimum Gasteiger partial charge on any atom is -0.461 e. The molecule has 0 bridgehead atoms. The number of benzene rings is 1. The molecule has 2 fully saturated rings. The number of hydrogen-bond acceptors (Lipinski definition) is 15. The number of carbonyl (C=O) groups is 3. The largest absolute Gasteiger partial charge is 0.494 e. The van der Waals surface area contributed by atoms with Crippen molar-refractivity contribution < 1.29 is 66.3 Å². The highest BCUT2D eigenvalue weighted by atomic mass is 32.1. The molecule has 0 spiro atoms. The lowest BCUT2D eigenvalue weighted by atomic mass is 9.78. The van der Waals surface area contributed by atoms with Crippen LogP contribution in [0.25, 0.3) is 0 Å². The summed E-state index contributed by atoms with van der Waals surface area (Å²) in [5.41, 5.74) is 0.921. The second-order valence-corrected chi connectivity index (χ2v) is 16.4. The zero-order chi connectivity index (χ0) is 43.3. The molecule has 0 radical (unpaired) electrons. The Morgan fingerprint density at radius 3 is 1.67 bits per heavy atom. The van der Waals surface area contributed by atoms with Crippen molar-refractivity contribution in [1.82, 2.24) is 5.32 Å². The number of hydrogen-bond donors (Lipinski definition) is 2. The Balaban J connectivity index is 1.05. The van der Waals surface area contributed by atoms with Crippen molar-refractivity contribution in [3.63, 3.8) is 0 Å². The van der Waals surface area contributed by atoms with Gasteiger partial charge in [-0.1, -0.05) is 24.3 Å². The number of ketones is 1. The van der Waals surface area contributed by atoms with Crippen LogP contribution < -0.4 is 10.8 Å². The first-order valence-corrected chi connectivity index (χ1v) is 22.2. The SMILES string of the molecule is CC1(C)OB(c2cccc(COC(=O)CC3CCC(CNC(=O)CCC(=O)CCOCCOCCOCCOCCOCCOCCOCCOCCS)C3)c2)OC1(C)C. The number of nitrogens with one attached hydrogen (secondary N) is 1. The molecule has 1 N–H and O–H groups in total. The van der Waals surface area contributed by atoms with Crippen LogP contribution in [0, 0.1) is 11.8 Å². The number of carbonyl (C=O) groups excluding carboxylic acids is 3. The zero-order valence-corrected chi connectivity index (χ0v) is 37.5. The number of ether oxygens (including phenoxy) is 9. The molecule has 1 saturated carbocycles. The third kappa shape index (κ3) is 22.8. The lowest BCUT2D eigenvalue weighted by molar-refractivity contribution is -0.146. The first-order valence-electron chi connectivity index (χ1n) is 21.6. The number of rotatable bonds is 36. The molecule has 342 valence electrons. The normalized spacial score (nSPS) is 18.2. The molecule has 1 heterocycles. The highest BCUT2D eigenvalue weighted by Crippen LogP contribution is 2.36. The van der Waals surface area contributed by atoms with E-state index < -0.39 is 18.3 Å². The highest BCUT2D eigenvalue weighted by Gasteiger charge is 2.51. The minimum absolute atomic E-state index is 0.0129. The maximum Gasteiger partial charge on any atom is 0.494 e. The van der Waals surface area contributed by atoms with Crippen LogP contribution in [0.3, 0.4) is 0 Å². The maximum atomic E-state index is 12.7. The fourth-order valence-corrected chi connectivity index (χ4v) is 6.56. The van der Waals surface area contributed by atoms with E-state index in [0.717, 1.165) is 30.3 Å². The third-order valence-corrected chi connectivity index (χ3v) is 10.7. The van der Waals surface area contributed by atoms with E-state index in [1.54, 1.807) is 0 Å². The van der Waals surface area contributed by atoms with Crippen LogP contribution in [0.15, 0.2) is 24.3 Å². The first-order chi connectivity index (χ1) is 29.0. The second kappa shape index (κ2) is 30.8. The molecule has 1 aromatic rings. The van der Waals surface area contributed by atoms with Crippen molar-refractivity contribution in [2.45, 2.75) is 90.4 Å². The van der Waals surface area contributed by atoms with Crippen LogP contribution in [-0.4, -0.2) is 154 Å². The summed E-state index contributed by atoms with van der Waals surface area (Å²) < 4.78 is 61.5. The Hall–Kier alpha value is -2.16. The average Bonchev–Trinajstić information content (AvgIpc) is 3.76. The van der Waals surface area contributed by atoms with Gasteiger partial charge in [-0.05, 0) is 69.8 Å². The first kappa shape index (κ1) is 52.2. The van der Waals surface area contributed by atoms with Crippen molar-refractivity contribution in [3.05, 3.63) is 29.8 Å². The summed E-state index contributed by atoms with van der Waals surface area (Å²) in [5.74, 6) is 0.872. The Labute approximate surface area is 363 Å². The highest BCUT2D eigenvalue weighted by molar-refractivity contribution is 7.80. The summed E-state index contributed by atoms with van der Waals surface area (Å²) in [5, 5.41) is 2.97. The van der Waals surface area contributed by atoms with Crippen LogP contribution in [0.1, 0.15) is 78.2 Å². The van der Waals surface area contributed by atoms with Crippen LogP contribution in [-0.2, 0) is 72.9 Å². The second-order valence-electron chi connectivity index (χ2n) is 16.0. The fourth-order valence-electron chi connectivity index (χ4n) is 6.43. The topological polar surface area (TPSA) is 165 Å². The van der Waals surface area contributed by atoms with Gasteiger partial charge in [0.1, 0.15) is 12.4 Å². The lowest BCUT2D eigenvalue weighted by Gasteiger charge is -2.32. The molecular formula is C43H72BNO14S. The number of amides is 1. The fraction of sp³-hybridized carbons (Fsp3) is 0.791. The summed E-state index contributed by atoms with van der Waals surface area (Å²) >= 11 is 4.07. The smallest absolute Gasteiger partial charge is 0.461 e. The number of thiol groups is 1. The van der Waals surface area contributed by atoms with Crippen LogP contribution in [0.5, 0.6) is 0 Å². The predicted octanol–water partition coefficient (Wildman–Crippen LogP) is 3.75. The van der Waals surface area contributed by atoms with E-state index in [-0.39, 0.29) is 56.1 Å². The van der Waals surface area contributed by atoms with Gasteiger partial charge in [0, 0.05) is 38.0 Å². The Bertz CT molecular complexity index is 1320.